The van der Waals surface area contributed by atoms with E-state index in [2.05, 4.69) is 51.8 Å². The minimum Gasteiger partial charge on any atom is -0.313 e. The molecule has 0 spiro atoms. The Hall–Kier alpha value is -0.0800. The Kier molecular flexibility index (Phi) is 5.46. The molecule has 1 aliphatic heterocycles. The van der Waals surface area contributed by atoms with Crippen molar-refractivity contribution in [1.29, 1.82) is 0 Å². The van der Waals surface area contributed by atoms with Gasteiger partial charge in [-0.25, -0.2) is 0 Å². The summed E-state index contributed by atoms with van der Waals surface area (Å²) in [6, 6.07) is 1.26. The third-order valence-corrected chi connectivity index (χ3v) is 4.42. The molecule has 102 valence electrons. The van der Waals surface area contributed by atoms with Crippen molar-refractivity contribution >= 4 is 0 Å². The zero-order chi connectivity index (χ0) is 13.1. The Morgan fingerprint density at radius 2 is 1.94 bits per heavy atom. The fourth-order valence-electron chi connectivity index (χ4n) is 3.11. The molecular formula is C15H32N2. The summed E-state index contributed by atoms with van der Waals surface area (Å²) in [5.41, 5.74) is 0.485. The molecule has 2 unspecified atom stereocenters. The number of likely N-dealkylation sites (tertiary alicyclic amines) is 1. The third-order valence-electron chi connectivity index (χ3n) is 4.42. The molecule has 1 N–H and O–H groups in total. The van der Waals surface area contributed by atoms with Gasteiger partial charge in [-0.3, -0.25) is 4.90 Å². The molecule has 0 aromatic heterocycles. The van der Waals surface area contributed by atoms with E-state index < -0.39 is 0 Å². The van der Waals surface area contributed by atoms with Crippen LogP contribution in [0.5, 0.6) is 0 Å². The number of hydrogen-bond donors (Lipinski definition) is 1. The van der Waals surface area contributed by atoms with Crippen molar-refractivity contribution in [2.45, 2.75) is 66.5 Å². The van der Waals surface area contributed by atoms with Gasteiger partial charge in [0.25, 0.3) is 0 Å². The predicted molar refractivity (Wildman–Crippen MR) is 76.4 cm³/mol. The predicted octanol–water partition coefficient (Wildman–Crippen LogP) is 3.13. The van der Waals surface area contributed by atoms with Crippen LogP contribution in [-0.2, 0) is 0 Å². The monoisotopic (exact) mass is 240 g/mol. The van der Waals surface area contributed by atoms with Gasteiger partial charge in [0.05, 0.1) is 0 Å². The number of piperidine rings is 1. The minimum atomic E-state index is 0.485. The van der Waals surface area contributed by atoms with Crippen LogP contribution < -0.4 is 5.32 Å². The van der Waals surface area contributed by atoms with Crippen LogP contribution in [0.25, 0.3) is 0 Å². The molecule has 2 atom stereocenters. The standard InChI is InChI=1S/C15H32N2/c1-7-14-8-9-17(11-15(14,5)6)13(4)10-16-12(2)3/h12-14,16H,7-11H2,1-6H3. The van der Waals surface area contributed by atoms with E-state index in [1.807, 2.05) is 0 Å². The molecule has 0 aromatic carbocycles. The summed E-state index contributed by atoms with van der Waals surface area (Å²) in [7, 11) is 0. The molecule has 0 aromatic rings. The maximum Gasteiger partial charge on any atom is 0.0192 e. The molecule has 0 amide bonds. The summed E-state index contributed by atoms with van der Waals surface area (Å²) in [4.78, 5) is 2.67. The summed E-state index contributed by atoms with van der Waals surface area (Å²) in [5, 5.41) is 3.55. The van der Waals surface area contributed by atoms with Crippen molar-refractivity contribution in [1.82, 2.24) is 10.2 Å². The van der Waals surface area contributed by atoms with E-state index in [-0.39, 0.29) is 0 Å². The van der Waals surface area contributed by atoms with E-state index in [1.165, 1.54) is 25.9 Å². The maximum absolute atomic E-state index is 3.55. The summed E-state index contributed by atoms with van der Waals surface area (Å²) in [6.07, 6.45) is 2.70. The van der Waals surface area contributed by atoms with Gasteiger partial charge >= 0.3 is 0 Å². The van der Waals surface area contributed by atoms with Crippen molar-refractivity contribution in [2.24, 2.45) is 11.3 Å². The third kappa shape index (κ3) is 4.26. The second-order valence-corrected chi connectivity index (χ2v) is 6.76. The molecule has 1 fully saturated rings. The molecule has 0 bridgehead atoms. The van der Waals surface area contributed by atoms with Gasteiger partial charge in [0.2, 0.25) is 0 Å². The highest BCUT2D eigenvalue weighted by Crippen LogP contribution is 2.37. The largest absolute Gasteiger partial charge is 0.313 e. The molecular weight excluding hydrogens is 208 g/mol. The fourth-order valence-corrected chi connectivity index (χ4v) is 3.11. The van der Waals surface area contributed by atoms with E-state index in [1.54, 1.807) is 0 Å². The van der Waals surface area contributed by atoms with E-state index in [9.17, 15) is 0 Å². The first kappa shape index (κ1) is 15.0. The van der Waals surface area contributed by atoms with Crippen LogP contribution >= 0.6 is 0 Å². The van der Waals surface area contributed by atoms with Crippen LogP contribution in [0.2, 0.25) is 0 Å². The van der Waals surface area contributed by atoms with Gasteiger partial charge in [-0.2, -0.15) is 0 Å². The summed E-state index contributed by atoms with van der Waals surface area (Å²) in [6.45, 7) is 17.7. The molecule has 2 heteroatoms. The molecule has 0 aliphatic carbocycles. The van der Waals surface area contributed by atoms with Crippen LogP contribution in [0.3, 0.4) is 0 Å². The summed E-state index contributed by atoms with van der Waals surface area (Å²) >= 11 is 0. The lowest BCUT2D eigenvalue weighted by Crippen LogP contribution is -2.51. The topological polar surface area (TPSA) is 15.3 Å². The molecule has 17 heavy (non-hydrogen) atoms. The van der Waals surface area contributed by atoms with E-state index in [4.69, 9.17) is 0 Å². The molecule has 1 rings (SSSR count). The van der Waals surface area contributed by atoms with Gasteiger partial charge in [-0.05, 0) is 31.2 Å². The van der Waals surface area contributed by atoms with Crippen molar-refractivity contribution < 1.29 is 0 Å². The Morgan fingerprint density at radius 1 is 1.29 bits per heavy atom. The summed E-state index contributed by atoms with van der Waals surface area (Å²) in [5.74, 6) is 0.906. The van der Waals surface area contributed by atoms with Crippen molar-refractivity contribution in [3.63, 3.8) is 0 Å². The zero-order valence-corrected chi connectivity index (χ0v) is 12.7. The van der Waals surface area contributed by atoms with Crippen LogP contribution in [-0.4, -0.2) is 36.6 Å². The van der Waals surface area contributed by atoms with Crippen molar-refractivity contribution in [2.75, 3.05) is 19.6 Å². The van der Waals surface area contributed by atoms with E-state index in [0.29, 0.717) is 17.5 Å². The van der Waals surface area contributed by atoms with Gasteiger partial charge in [0, 0.05) is 25.2 Å². The zero-order valence-electron chi connectivity index (χ0n) is 12.7. The Morgan fingerprint density at radius 3 is 2.41 bits per heavy atom. The number of hydrogen-bond acceptors (Lipinski definition) is 2. The Bertz CT molecular complexity index is 223. The Labute approximate surface area is 108 Å². The maximum atomic E-state index is 3.55. The Balaban J connectivity index is 2.46. The molecule has 2 nitrogen and oxygen atoms in total. The normalized spacial score (nSPS) is 27.4. The van der Waals surface area contributed by atoms with Gasteiger partial charge in [-0.15, -0.1) is 0 Å². The molecule has 1 aliphatic rings. The minimum absolute atomic E-state index is 0.485. The number of nitrogens with one attached hydrogen (secondary N) is 1. The highest BCUT2D eigenvalue weighted by atomic mass is 15.2. The van der Waals surface area contributed by atoms with Crippen molar-refractivity contribution in [3.05, 3.63) is 0 Å². The molecule has 0 radical (unpaired) electrons. The van der Waals surface area contributed by atoms with Crippen LogP contribution in [0.4, 0.5) is 0 Å². The SMILES string of the molecule is CCC1CCN(C(C)CNC(C)C)CC1(C)C. The smallest absolute Gasteiger partial charge is 0.0192 e. The first-order valence-corrected chi connectivity index (χ1v) is 7.34. The summed E-state index contributed by atoms with van der Waals surface area (Å²) < 4.78 is 0. The fraction of sp³-hybridized carbons (Fsp3) is 1.00. The molecule has 0 saturated carbocycles. The number of rotatable bonds is 5. The highest BCUT2D eigenvalue weighted by Gasteiger charge is 2.35. The lowest BCUT2D eigenvalue weighted by molar-refractivity contribution is 0.0303. The van der Waals surface area contributed by atoms with Gasteiger partial charge in [0.15, 0.2) is 0 Å². The van der Waals surface area contributed by atoms with Crippen LogP contribution in [0.15, 0.2) is 0 Å². The van der Waals surface area contributed by atoms with Crippen LogP contribution in [0, 0.1) is 11.3 Å². The lowest BCUT2D eigenvalue weighted by Gasteiger charge is -2.46. The second kappa shape index (κ2) is 6.19. The quantitative estimate of drug-likeness (QED) is 0.794. The second-order valence-electron chi connectivity index (χ2n) is 6.76. The number of nitrogens with zero attached hydrogens (tertiary/aromatic N) is 1. The average Bonchev–Trinajstić information content (AvgIpc) is 2.24. The van der Waals surface area contributed by atoms with Crippen LogP contribution in [0.1, 0.15) is 54.4 Å². The first-order valence-electron chi connectivity index (χ1n) is 7.34. The van der Waals surface area contributed by atoms with Gasteiger partial charge in [0.1, 0.15) is 0 Å². The van der Waals surface area contributed by atoms with Gasteiger partial charge in [-0.1, -0.05) is 41.0 Å². The molecule has 1 saturated heterocycles. The van der Waals surface area contributed by atoms with E-state index in [0.717, 1.165) is 12.5 Å². The average molecular weight is 240 g/mol. The molecule has 1 heterocycles. The first-order chi connectivity index (χ1) is 7.86. The van der Waals surface area contributed by atoms with Crippen molar-refractivity contribution in [3.8, 4) is 0 Å². The highest BCUT2D eigenvalue weighted by molar-refractivity contribution is 4.88. The van der Waals surface area contributed by atoms with Gasteiger partial charge < -0.3 is 5.32 Å². The lowest BCUT2D eigenvalue weighted by atomic mass is 9.72. The van der Waals surface area contributed by atoms with E-state index >= 15 is 0 Å².